The average Bonchev–Trinajstić information content (AvgIpc) is 2.25. The number of piperidine rings is 1. The van der Waals surface area contributed by atoms with E-state index in [0.29, 0.717) is 19.6 Å². The van der Waals surface area contributed by atoms with Crippen LogP contribution in [-0.2, 0) is 9.59 Å². The maximum absolute atomic E-state index is 11.7. The number of hydrogen-bond donors (Lipinski definition) is 2. The fourth-order valence-corrected chi connectivity index (χ4v) is 1.79. The van der Waals surface area contributed by atoms with E-state index in [4.69, 9.17) is 5.73 Å². The lowest BCUT2D eigenvalue weighted by Crippen LogP contribution is -2.49. The highest BCUT2D eigenvalue weighted by molar-refractivity contribution is 6.35. The van der Waals surface area contributed by atoms with Gasteiger partial charge in [-0.25, -0.2) is 0 Å². The molecular formula is C10H19N3O2. The summed E-state index contributed by atoms with van der Waals surface area (Å²) in [7, 11) is 0. The first kappa shape index (κ1) is 12.0. The maximum atomic E-state index is 11.7. The molecule has 1 rings (SSSR count). The van der Waals surface area contributed by atoms with Gasteiger partial charge in [-0.05, 0) is 26.2 Å². The quantitative estimate of drug-likeness (QED) is 0.605. The van der Waals surface area contributed by atoms with Crippen LogP contribution >= 0.6 is 0 Å². The molecule has 2 amide bonds. The third-order valence-electron chi connectivity index (χ3n) is 2.69. The summed E-state index contributed by atoms with van der Waals surface area (Å²) in [6.45, 7) is 3.38. The molecule has 3 N–H and O–H groups in total. The van der Waals surface area contributed by atoms with E-state index in [2.05, 4.69) is 5.32 Å². The van der Waals surface area contributed by atoms with Crippen molar-refractivity contribution < 1.29 is 9.59 Å². The van der Waals surface area contributed by atoms with Crippen molar-refractivity contribution in [2.45, 2.75) is 32.2 Å². The Morgan fingerprint density at radius 2 is 2.20 bits per heavy atom. The number of nitrogens with zero attached hydrogens (tertiary/aromatic N) is 1. The summed E-state index contributed by atoms with van der Waals surface area (Å²) in [5, 5.41) is 2.49. The smallest absolute Gasteiger partial charge is 0.312 e. The highest BCUT2D eigenvalue weighted by Crippen LogP contribution is 2.16. The molecule has 1 heterocycles. The number of likely N-dealkylation sites (tertiary alicyclic amines) is 1. The zero-order chi connectivity index (χ0) is 11.3. The van der Waals surface area contributed by atoms with Crippen LogP contribution in [0.3, 0.4) is 0 Å². The second-order valence-electron chi connectivity index (χ2n) is 3.89. The summed E-state index contributed by atoms with van der Waals surface area (Å²) in [4.78, 5) is 24.7. The molecule has 0 saturated carbocycles. The monoisotopic (exact) mass is 213 g/mol. The largest absolute Gasteiger partial charge is 0.347 e. The van der Waals surface area contributed by atoms with Crippen LogP contribution in [0.15, 0.2) is 0 Å². The molecule has 0 radical (unpaired) electrons. The van der Waals surface area contributed by atoms with Gasteiger partial charge in [0.25, 0.3) is 0 Å². The lowest BCUT2D eigenvalue weighted by Gasteiger charge is -2.32. The highest BCUT2D eigenvalue weighted by Gasteiger charge is 2.27. The van der Waals surface area contributed by atoms with Crippen LogP contribution in [0, 0.1) is 0 Å². The first-order valence-electron chi connectivity index (χ1n) is 5.45. The Hall–Kier alpha value is -1.10. The lowest BCUT2D eigenvalue weighted by molar-refractivity contribution is -0.148. The summed E-state index contributed by atoms with van der Waals surface area (Å²) in [5.41, 5.74) is 5.24. The van der Waals surface area contributed by atoms with E-state index in [1.807, 2.05) is 6.92 Å². The molecule has 0 aromatic rings. The van der Waals surface area contributed by atoms with Crippen molar-refractivity contribution in [3.63, 3.8) is 0 Å². The normalized spacial score (nSPS) is 21.2. The Balaban J connectivity index is 2.47. The molecule has 1 aliphatic rings. The summed E-state index contributed by atoms with van der Waals surface area (Å²) >= 11 is 0. The number of hydrogen-bond acceptors (Lipinski definition) is 3. The van der Waals surface area contributed by atoms with E-state index >= 15 is 0 Å². The van der Waals surface area contributed by atoms with Gasteiger partial charge in [-0.2, -0.15) is 0 Å². The number of carbonyl (C=O) groups excluding carboxylic acids is 2. The Kier molecular flexibility index (Phi) is 4.55. The van der Waals surface area contributed by atoms with Gasteiger partial charge < -0.3 is 16.0 Å². The first-order chi connectivity index (χ1) is 7.16. The van der Waals surface area contributed by atoms with E-state index < -0.39 is 11.8 Å². The van der Waals surface area contributed by atoms with Crippen molar-refractivity contribution in [1.29, 1.82) is 0 Å². The second-order valence-corrected chi connectivity index (χ2v) is 3.89. The Morgan fingerprint density at radius 3 is 2.80 bits per heavy atom. The van der Waals surface area contributed by atoms with Crippen molar-refractivity contribution in [2.75, 3.05) is 19.6 Å². The summed E-state index contributed by atoms with van der Waals surface area (Å²) in [5.74, 6) is -0.954. The molecule has 86 valence electrons. The number of rotatable bonds is 2. The number of carbonyl (C=O) groups is 2. The number of amides is 2. The van der Waals surface area contributed by atoms with Crippen molar-refractivity contribution in [1.82, 2.24) is 10.2 Å². The van der Waals surface area contributed by atoms with Crippen LogP contribution in [-0.4, -0.2) is 42.4 Å². The van der Waals surface area contributed by atoms with Crippen LogP contribution in [0.1, 0.15) is 26.2 Å². The molecule has 1 fully saturated rings. The summed E-state index contributed by atoms with van der Waals surface area (Å²) in [6, 6.07) is 0.176. The Bertz CT molecular complexity index is 243. The Labute approximate surface area is 90.0 Å². The predicted octanol–water partition coefficient (Wildman–Crippen LogP) is -0.538. The molecule has 5 nitrogen and oxygen atoms in total. The van der Waals surface area contributed by atoms with Crippen molar-refractivity contribution in [3.05, 3.63) is 0 Å². The fourth-order valence-electron chi connectivity index (χ4n) is 1.79. The van der Waals surface area contributed by atoms with Gasteiger partial charge >= 0.3 is 11.8 Å². The molecular weight excluding hydrogens is 194 g/mol. The topological polar surface area (TPSA) is 75.4 Å². The fraction of sp³-hybridized carbons (Fsp3) is 0.800. The van der Waals surface area contributed by atoms with Gasteiger partial charge in [0.2, 0.25) is 0 Å². The van der Waals surface area contributed by atoms with Gasteiger partial charge in [-0.3, -0.25) is 9.59 Å². The van der Waals surface area contributed by atoms with E-state index in [1.165, 1.54) is 0 Å². The van der Waals surface area contributed by atoms with Gasteiger partial charge in [0, 0.05) is 25.7 Å². The molecule has 0 aromatic carbocycles. The first-order valence-corrected chi connectivity index (χ1v) is 5.45. The zero-order valence-electron chi connectivity index (χ0n) is 9.16. The van der Waals surface area contributed by atoms with Crippen molar-refractivity contribution >= 4 is 11.8 Å². The molecule has 0 aromatic heterocycles. The minimum Gasteiger partial charge on any atom is -0.347 e. The predicted molar refractivity (Wildman–Crippen MR) is 57.1 cm³/mol. The molecule has 15 heavy (non-hydrogen) atoms. The third kappa shape index (κ3) is 3.20. The van der Waals surface area contributed by atoms with Crippen LogP contribution in [0.5, 0.6) is 0 Å². The minimum atomic E-state index is -0.533. The van der Waals surface area contributed by atoms with Crippen LogP contribution in [0.25, 0.3) is 0 Å². The average molecular weight is 213 g/mol. The van der Waals surface area contributed by atoms with Crippen LogP contribution in [0.2, 0.25) is 0 Å². The molecule has 1 saturated heterocycles. The zero-order valence-corrected chi connectivity index (χ0v) is 9.16. The van der Waals surface area contributed by atoms with E-state index in [1.54, 1.807) is 4.90 Å². The van der Waals surface area contributed by atoms with E-state index in [0.717, 1.165) is 19.3 Å². The molecule has 0 bridgehead atoms. The van der Waals surface area contributed by atoms with Gasteiger partial charge in [0.15, 0.2) is 0 Å². The second kappa shape index (κ2) is 5.70. The third-order valence-corrected chi connectivity index (χ3v) is 2.69. The molecule has 1 unspecified atom stereocenters. The van der Waals surface area contributed by atoms with Gasteiger partial charge in [-0.15, -0.1) is 0 Å². The highest BCUT2D eigenvalue weighted by atomic mass is 16.2. The van der Waals surface area contributed by atoms with Gasteiger partial charge in [-0.1, -0.05) is 0 Å². The lowest BCUT2D eigenvalue weighted by atomic mass is 10.0. The molecule has 1 aliphatic heterocycles. The molecule has 5 heteroatoms. The molecule has 1 atom stereocenters. The minimum absolute atomic E-state index is 0.176. The van der Waals surface area contributed by atoms with Crippen LogP contribution in [0.4, 0.5) is 0 Å². The number of nitrogens with two attached hydrogens (primary N) is 1. The maximum Gasteiger partial charge on any atom is 0.312 e. The van der Waals surface area contributed by atoms with Gasteiger partial charge in [0.1, 0.15) is 0 Å². The summed E-state index contributed by atoms with van der Waals surface area (Å²) in [6.07, 6.45) is 3.10. The Morgan fingerprint density at radius 1 is 1.47 bits per heavy atom. The standard InChI is InChI=1S/C10H19N3O2/c1-8-4-2-3-7-13(8)10(15)9(14)12-6-5-11/h8H,2-7,11H2,1H3,(H,12,14). The van der Waals surface area contributed by atoms with Crippen LogP contribution < -0.4 is 11.1 Å². The van der Waals surface area contributed by atoms with Crippen molar-refractivity contribution in [2.24, 2.45) is 5.73 Å². The van der Waals surface area contributed by atoms with Gasteiger partial charge in [0.05, 0.1) is 0 Å². The number of nitrogens with one attached hydrogen (secondary N) is 1. The SMILES string of the molecule is CC1CCCCN1C(=O)C(=O)NCCN. The van der Waals surface area contributed by atoms with E-state index in [9.17, 15) is 9.59 Å². The van der Waals surface area contributed by atoms with Crippen molar-refractivity contribution in [3.8, 4) is 0 Å². The summed E-state index contributed by atoms with van der Waals surface area (Å²) < 4.78 is 0. The molecule has 0 aliphatic carbocycles. The molecule has 0 spiro atoms. The van der Waals surface area contributed by atoms with E-state index in [-0.39, 0.29) is 6.04 Å².